The molecule has 1 aromatic heterocycles. The number of rotatable bonds is 2. The van der Waals surface area contributed by atoms with Crippen LogP contribution in [0.4, 0.5) is 5.82 Å². The molecule has 6 nitrogen and oxygen atoms in total. The molecule has 2 rings (SSSR count). The predicted octanol–water partition coefficient (Wildman–Crippen LogP) is -0.572. The minimum atomic E-state index is -0.308. The molecule has 0 bridgehead atoms. The van der Waals surface area contributed by atoms with Crippen LogP contribution >= 0.6 is 0 Å². The number of amides is 1. The molecule has 0 aromatic carbocycles. The number of nitrogens with zero attached hydrogens (tertiary/aromatic N) is 3. The molecule has 2 heterocycles. The standard InChI is InChI=1S/C10H14N4O2/c1-11-8-6-16-5-4-14(10(8)15)9-2-3-12-7-13-9/h2-3,7-8,11H,4-6H2,1H3. The quantitative estimate of drug-likeness (QED) is 0.725. The molecule has 1 aliphatic rings. The minimum absolute atomic E-state index is 0.0151. The molecular weight excluding hydrogens is 208 g/mol. The van der Waals surface area contributed by atoms with E-state index in [1.54, 1.807) is 24.2 Å². The van der Waals surface area contributed by atoms with Crippen LogP contribution in [0.25, 0.3) is 0 Å². The summed E-state index contributed by atoms with van der Waals surface area (Å²) in [6, 6.07) is 1.41. The van der Waals surface area contributed by atoms with Gasteiger partial charge in [-0.3, -0.25) is 9.69 Å². The number of carbonyl (C=O) groups is 1. The van der Waals surface area contributed by atoms with Gasteiger partial charge in [0.15, 0.2) is 0 Å². The van der Waals surface area contributed by atoms with E-state index in [-0.39, 0.29) is 11.9 Å². The Bertz CT molecular complexity index is 357. The largest absolute Gasteiger partial charge is 0.377 e. The van der Waals surface area contributed by atoms with E-state index in [2.05, 4.69) is 15.3 Å². The van der Waals surface area contributed by atoms with Crippen LogP contribution in [0, 0.1) is 0 Å². The molecular formula is C10H14N4O2. The Morgan fingerprint density at radius 2 is 2.50 bits per heavy atom. The van der Waals surface area contributed by atoms with E-state index < -0.39 is 0 Å². The van der Waals surface area contributed by atoms with Crippen molar-refractivity contribution in [2.75, 3.05) is 31.7 Å². The minimum Gasteiger partial charge on any atom is -0.377 e. The van der Waals surface area contributed by atoms with E-state index in [4.69, 9.17) is 4.74 Å². The van der Waals surface area contributed by atoms with Crippen LogP contribution in [-0.4, -0.2) is 48.7 Å². The Morgan fingerprint density at radius 3 is 3.19 bits per heavy atom. The molecule has 1 amide bonds. The third kappa shape index (κ3) is 2.17. The monoisotopic (exact) mass is 222 g/mol. The first-order chi connectivity index (χ1) is 7.83. The van der Waals surface area contributed by atoms with Crippen molar-refractivity contribution in [1.29, 1.82) is 0 Å². The van der Waals surface area contributed by atoms with Gasteiger partial charge in [0.25, 0.3) is 0 Å². The van der Waals surface area contributed by atoms with Crippen molar-refractivity contribution in [2.45, 2.75) is 6.04 Å². The van der Waals surface area contributed by atoms with Crippen LogP contribution in [0.15, 0.2) is 18.6 Å². The van der Waals surface area contributed by atoms with Crippen LogP contribution in [-0.2, 0) is 9.53 Å². The van der Waals surface area contributed by atoms with Gasteiger partial charge in [0.2, 0.25) is 5.91 Å². The first-order valence-corrected chi connectivity index (χ1v) is 5.15. The van der Waals surface area contributed by atoms with Crippen molar-refractivity contribution in [3.05, 3.63) is 18.6 Å². The highest BCUT2D eigenvalue weighted by Gasteiger charge is 2.27. The van der Waals surface area contributed by atoms with Gasteiger partial charge < -0.3 is 10.1 Å². The predicted molar refractivity (Wildman–Crippen MR) is 58.1 cm³/mol. The van der Waals surface area contributed by atoms with E-state index in [0.717, 1.165) is 0 Å². The number of hydrogen-bond donors (Lipinski definition) is 1. The second kappa shape index (κ2) is 5.00. The van der Waals surface area contributed by atoms with Gasteiger partial charge in [0.05, 0.1) is 19.8 Å². The Balaban J connectivity index is 2.22. The zero-order valence-electron chi connectivity index (χ0n) is 9.09. The van der Waals surface area contributed by atoms with E-state index in [1.165, 1.54) is 6.33 Å². The Morgan fingerprint density at radius 1 is 1.62 bits per heavy atom. The molecule has 1 saturated heterocycles. The number of ether oxygens (including phenoxy) is 1. The van der Waals surface area contributed by atoms with Gasteiger partial charge in [0.1, 0.15) is 18.2 Å². The van der Waals surface area contributed by atoms with Gasteiger partial charge in [-0.05, 0) is 13.1 Å². The summed E-state index contributed by atoms with van der Waals surface area (Å²) < 4.78 is 5.35. The van der Waals surface area contributed by atoms with Crippen LogP contribution in [0.1, 0.15) is 0 Å². The molecule has 1 atom stereocenters. The first-order valence-electron chi connectivity index (χ1n) is 5.15. The summed E-state index contributed by atoms with van der Waals surface area (Å²) in [5, 5.41) is 2.93. The van der Waals surface area contributed by atoms with Gasteiger partial charge in [-0.15, -0.1) is 0 Å². The molecule has 0 spiro atoms. The van der Waals surface area contributed by atoms with E-state index >= 15 is 0 Å². The van der Waals surface area contributed by atoms with Gasteiger partial charge in [-0.1, -0.05) is 0 Å². The average Bonchev–Trinajstić information content (AvgIpc) is 2.52. The lowest BCUT2D eigenvalue weighted by atomic mass is 10.2. The van der Waals surface area contributed by atoms with Gasteiger partial charge in [0, 0.05) is 6.20 Å². The average molecular weight is 222 g/mol. The van der Waals surface area contributed by atoms with Crippen molar-refractivity contribution in [3.63, 3.8) is 0 Å². The summed E-state index contributed by atoms with van der Waals surface area (Å²) in [5.74, 6) is 0.601. The van der Waals surface area contributed by atoms with E-state index in [1.807, 2.05) is 0 Å². The maximum absolute atomic E-state index is 12.1. The summed E-state index contributed by atoms with van der Waals surface area (Å²) in [4.78, 5) is 21.6. The highest BCUT2D eigenvalue weighted by molar-refractivity contribution is 5.96. The number of nitrogens with one attached hydrogen (secondary N) is 1. The SMILES string of the molecule is CNC1COCCN(c2ccncn2)C1=O. The van der Waals surface area contributed by atoms with Crippen LogP contribution in [0.3, 0.4) is 0 Å². The number of carbonyl (C=O) groups excluding carboxylic acids is 1. The fourth-order valence-corrected chi connectivity index (χ4v) is 1.60. The fraction of sp³-hybridized carbons (Fsp3) is 0.500. The third-order valence-electron chi connectivity index (χ3n) is 2.50. The second-order valence-electron chi connectivity index (χ2n) is 3.47. The lowest BCUT2D eigenvalue weighted by Gasteiger charge is -2.21. The molecule has 0 radical (unpaired) electrons. The zero-order valence-corrected chi connectivity index (χ0v) is 9.09. The molecule has 1 aliphatic heterocycles. The molecule has 0 saturated carbocycles. The number of anilines is 1. The molecule has 86 valence electrons. The smallest absolute Gasteiger partial charge is 0.247 e. The van der Waals surface area contributed by atoms with Crippen molar-refractivity contribution < 1.29 is 9.53 Å². The molecule has 16 heavy (non-hydrogen) atoms. The van der Waals surface area contributed by atoms with Crippen molar-refractivity contribution in [2.24, 2.45) is 0 Å². The highest BCUT2D eigenvalue weighted by Crippen LogP contribution is 2.12. The second-order valence-corrected chi connectivity index (χ2v) is 3.47. The first kappa shape index (κ1) is 11.0. The zero-order chi connectivity index (χ0) is 11.4. The number of aromatic nitrogens is 2. The summed E-state index contributed by atoms with van der Waals surface area (Å²) in [5.41, 5.74) is 0. The van der Waals surface area contributed by atoms with Crippen molar-refractivity contribution in [1.82, 2.24) is 15.3 Å². The maximum Gasteiger partial charge on any atom is 0.247 e. The highest BCUT2D eigenvalue weighted by atomic mass is 16.5. The number of hydrogen-bond acceptors (Lipinski definition) is 5. The molecule has 1 unspecified atom stereocenters. The normalized spacial score (nSPS) is 21.9. The maximum atomic E-state index is 12.1. The molecule has 1 fully saturated rings. The molecule has 1 N–H and O–H groups in total. The summed E-state index contributed by atoms with van der Waals surface area (Å²) in [6.45, 7) is 1.44. The van der Waals surface area contributed by atoms with Gasteiger partial charge in [-0.2, -0.15) is 0 Å². The van der Waals surface area contributed by atoms with E-state index in [0.29, 0.717) is 25.6 Å². The third-order valence-corrected chi connectivity index (χ3v) is 2.50. The molecule has 6 heteroatoms. The lowest BCUT2D eigenvalue weighted by Crippen LogP contribution is -2.46. The van der Waals surface area contributed by atoms with Gasteiger partial charge >= 0.3 is 0 Å². The Hall–Kier alpha value is -1.53. The van der Waals surface area contributed by atoms with Gasteiger partial charge in [-0.25, -0.2) is 9.97 Å². The summed E-state index contributed by atoms with van der Waals surface area (Å²) in [6.07, 6.45) is 3.05. The van der Waals surface area contributed by atoms with Crippen LogP contribution in [0.5, 0.6) is 0 Å². The van der Waals surface area contributed by atoms with Crippen LogP contribution < -0.4 is 10.2 Å². The summed E-state index contributed by atoms with van der Waals surface area (Å²) >= 11 is 0. The molecule has 0 aliphatic carbocycles. The Kier molecular flexibility index (Phi) is 3.43. The Labute approximate surface area is 93.6 Å². The van der Waals surface area contributed by atoms with Crippen LogP contribution in [0.2, 0.25) is 0 Å². The van der Waals surface area contributed by atoms with E-state index in [9.17, 15) is 4.79 Å². The number of likely N-dealkylation sites (N-methyl/N-ethyl adjacent to an activating group) is 1. The van der Waals surface area contributed by atoms with Crippen molar-refractivity contribution >= 4 is 11.7 Å². The lowest BCUT2D eigenvalue weighted by molar-refractivity contribution is -0.120. The van der Waals surface area contributed by atoms with Crippen molar-refractivity contribution in [3.8, 4) is 0 Å². The fourth-order valence-electron chi connectivity index (χ4n) is 1.60. The molecule has 1 aromatic rings. The topological polar surface area (TPSA) is 67.3 Å². The summed E-state index contributed by atoms with van der Waals surface area (Å²) in [7, 11) is 1.75.